The second kappa shape index (κ2) is 7.95. The topological polar surface area (TPSA) is 0 Å². The van der Waals surface area contributed by atoms with Gasteiger partial charge in [0.05, 0.1) is 0 Å². The molecular formula is C17H30. The summed E-state index contributed by atoms with van der Waals surface area (Å²) in [5, 5.41) is 0. The van der Waals surface area contributed by atoms with Gasteiger partial charge in [-0.2, -0.15) is 0 Å². The summed E-state index contributed by atoms with van der Waals surface area (Å²) >= 11 is 0. The van der Waals surface area contributed by atoms with E-state index in [-0.39, 0.29) is 0 Å². The molecule has 0 aromatic rings. The molecule has 2 aliphatic rings. The van der Waals surface area contributed by atoms with Crippen LogP contribution in [0, 0.1) is 5.92 Å². The van der Waals surface area contributed by atoms with Crippen LogP contribution in [0.3, 0.4) is 0 Å². The third kappa shape index (κ3) is 5.27. The number of allylic oxidation sites excluding steroid dienone is 2. The van der Waals surface area contributed by atoms with Gasteiger partial charge in [0.15, 0.2) is 0 Å². The molecule has 1 atom stereocenters. The minimum Gasteiger partial charge on any atom is -0.0822 e. The Hall–Kier alpha value is -0.260. The quantitative estimate of drug-likeness (QED) is 0.450. The third-order valence-corrected chi connectivity index (χ3v) is 4.63. The summed E-state index contributed by atoms with van der Waals surface area (Å²) in [4.78, 5) is 0. The van der Waals surface area contributed by atoms with Gasteiger partial charge in [-0.05, 0) is 38.0 Å². The van der Waals surface area contributed by atoms with Crippen molar-refractivity contribution in [3.05, 3.63) is 11.6 Å². The summed E-state index contributed by atoms with van der Waals surface area (Å²) in [5.41, 5.74) is 1.80. The predicted molar refractivity (Wildman–Crippen MR) is 76.2 cm³/mol. The first-order valence-corrected chi connectivity index (χ1v) is 8.15. The molecule has 2 rings (SSSR count). The van der Waals surface area contributed by atoms with Gasteiger partial charge < -0.3 is 0 Å². The van der Waals surface area contributed by atoms with Crippen molar-refractivity contribution in [3.8, 4) is 0 Å². The zero-order chi connectivity index (χ0) is 11.8. The van der Waals surface area contributed by atoms with Crippen molar-refractivity contribution < 1.29 is 0 Å². The lowest BCUT2D eigenvalue weighted by atomic mass is 9.99. The first kappa shape index (κ1) is 13.2. The average Bonchev–Trinajstić information content (AvgIpc) is 2.77. The van der Waals surface area contributed by atoms with Gasteiger partial charge in [0.2, 0.25) is 0 Å². The van der Waals surface area contributed by atoms with E-state index in [0.29, 0.717) is 0 Å². The molecule has 1 unspecified atom stereocenters. The summed E-state index contributed by atoms with van der Waals surface area (Å²) in [6, 6.07) is 0. The van der Waals surface area contributed by atoms with Gasteiger partial charge in [0, 0.05) is 0 Å². The summed E-state index contributed by atoms with van der Waals surface area (Å²) < 4.78 is 0. The molecule has 0 saturated heterocycles. The second-order valence-corrected chi connectivity index (χ2v) is 6.20. The zero-order valence-corrected chi connectivity index (χ0v) is 11.6. The van der Waals surface area contributed by atoms with Gasteiger partial charge in [-0.15, -0.1) is 0 Å². The van der Waals surface area contributed by atoms with Crippen LogP contribution < -0.4 is 0 Å². The van der Waals surface area contributed by atoms with Gasteiger partial charge in [-0.25, -0.2) is 0 Å². The highest BCUT2D eigenvalue weighted by atomic mass is 14.2. The van der Waals surface area contributed by atoms with Crippen LogP contribution in [-0.2, 0) is 0 Å². The molecule has 0 heterocycles. The van der Waals surface area contributed by atoms with Crippen LogP contribution in [0.25, 0.3) is 0 Å². The fourth-order valence-corrected chi connectivity index (χ4v) is 3.48. The standard InChI is InChI=1S/C17H30/c1-2-4-6-8-10-12-17-14-13-16(15-17)11-9-7-5-3-1/h15-16H,1-14H2. The van der Waals surface area contributed by atoms with E-state index >= 15 is 0 Å². The number of hydrogen-bond donors (Lipinski definition) is 0. The van der Waals surface area contributed by atoms with E-state index in [9.17, 15) is 0 Å². The molecule has 0 radical (unpaired) electrons. The Bertz CT molecular complexity index is 226. The Morgan fingerprint density at radius 1 is 0.588 bits per heavy atom. The normalized spacial score (nSPS) is 29.2. The van der Waals surface area contributed by atoms with Crippen LogP contribution >= 0.6 is 0 Å². The van der Waals surface area contributed by atoms with Crippen LogP contribution in [-0.4, -0.2) is 0 Å². The molecule has 0 aromatic carbocycles. The highest BCUT2D eigenvalue weighted by Gasteiger charge is 2.14. The smallest absolute Gasteiger partial charge is 0.0228 e. The molecule has 0 N–H and O–H groups in total. The fraction of sp³-hybridized carbons (Fsp3) is 0.882. The first-order valence-electron chi connectivity index (χ1n) is 8.15. The largest absolute Gasteiger partial charge is 0.0822 e. The summed E-state index contributed by atoms with van der Waals surface area (Å²) in [6.07, 6.45) is 23.2. The molecule has 0 spiro atoms. The van der Waals surface area contributed by atoms with E-state index in [1.54, 1.807) is 5.57 Å². The van der Waals surface area contributed by atoms with Gasteiger partial charge in [0.25, 0.3) is 0 Å². The third-order valence-electron chi connectivity index (χ3n) is 4.63. The maximum absolute atomic E-state index is 2.64. The van der Waals surface area contributed by atoms with Gasteiger partial charge >= 0.3 is 0 Å². The SMILES string of the molecule is C1=C2CCCCCCCCCCCCC1CC2. The molecule has 17 heavy (non-hydrogen) atoms. The number of fused-ring (bicyclic) bond motifs is 1. The molecule has 0 aromatic heterocycles. The van der Waals surface area contributed by atoms with Crippen LogP contribution in [0.2, 0.25) is 0 Å². The maximum Gasteiger partial charge on any atom is -0.0228 e. The summed E-state index contributed by atoms with van der Waals surface area (Å²) in [5.74, 6) is 0.954. The Morgan fingerprint density at radius 2 is 1.18 bits per heavy atom. The van der Waals surface area contributed by atoms with E-state index in [1.807, 2.05) is 0 Å². The lowest BCUT2D eigenvalue weighted by molar-refractivity contribution is 0.501. The maximum atomic E-state index is 2.64. The lowest BCUT2D eigenvalue weighted by Gasteiger charge is -2.06. The Labute approximate surface area is 108 Å². The zero-order valence-electron chi connectivity index (χ0n) is 11.6. The number of hydrogen-bond acceptors (Lipinski definition) is 0. The van der Waals surface area contributed by atoms with E-state index in [2.05, 4.69) is 6.08 Å². The predicted octanol–water partition coefficient (Wildman–Crippen LogP) is 6.02. The van der Waals surface area contributed by atoms with Crippen molar-refractivity contribution in [2.75, 3.05) is 0 Å². The second-order valence-electron chi connectivity index (χ2n) is 6.20. The van der Waals surface area contributed by atoms with E-state index in [1.165, 1.54) is 89.9 Å². The van der Waals surface area contributed by atoms with Crippen molar-refractivity contribution in [2.24, 2.45) is 5.92 Å². The minimum atomic E-state index is 0.954. The molecule has 0 nitrogen and oxygen atoms in total. The van der Waals surface area contributed by atoms with Crippen LogP contribution in [0.5, 0.6) is 0 Å². The van der Waals surface area contributed by atoms with E-state index in [0.717, 1.165) is 5.92 Å². The Balaban J connectivity index is 1.73. The summed E-state index contributed by atoms with van der Waals surface area (Å²) in [6.45, 7) is 0. The lowest BCUT2D eigenvalue weighted by Crippen LogP contribution is -1.91. The molecule has 2 aliphatic carbocycles. The van der Waals surface area contributed by atoms with E-state index in [4.69, 9.17) is 0 Å². The molecule has 98 valence electrons. The molecule has 0 amide bonds. The molecular weight excluding hydrogens is 204 g/mol. The van der Waals surface area contributed by atoms with Crippen LogP contribution in [0.4, 0.5) is 0 Å². The van der Waals surface area contributed by atoms with Gasteiger partial charge in [-0.3, -0.25) is 0 Å². The van der Waals surface area contributed by atoms with Crippen molar-refractivity contribution in [3.63, 3.8) is 0 Å². The highest BCUT2D eigenvalue weighted by Crippen LogP contribution is 2.31. The van der Waals surface area contributed by atoms with Crippen molar-refractivity contribution >= 4 is 0 Å². The monoisotopic (exact) mass is 234 g/mol. The first-order chi connectivity index (χ1) is 8.45. The molecule has 0 fully saturated rings. The van der Waals surface area contributed by atoms with Crippen molar-refractivity contribution in [1.29, 1.82) is 0 Å². The van der Waals surface area contributed by atoms with Crippen LogP contribution in [0.1, 0.15) is 89.9 Å². The molecule has 0 saturated carbocycles. The van der Waals surface area contributed by atoms with Gasteiger partial charge in [-0.1, -0.05) is 69.4 Å². The Morgan fingerprint density at radius 3 is 1.88 bits per heavy atom. The number of rotatable bonds is 0. The highest BCUT2D eigenvalue weighted by molar-refractivity contribution is 5.10. The molecule has 2 bridgehead atoms. The molecule has 0 heteroatoms. The van der Waals surface area contributed by atoms with Gasteiger partial charge in [0.1, 0.15) is 0 Å². The van der Waals surface area contributed by atoms with Crippen molar-refractivity contribution in [1.82, 2.24) is 0 Å². The average molecular weight is 234 g/mol. The Kier molecular flexibility index (Phi) is 6.16. The fourth-order valence-electron chi connectivity index (χ4n) is 3.48. The van der Waals surface area contributed by atoms with Crippen LogP contribution in [0.15, 0.2) is 11.6 Å². The molecule has 0 aliphatic heterocycles. The van der Waals surface area contributed by atoms with E-state index < -0.39 is 0 Å². The summed E-state index contributed by atoms with van der Waals surface area (Å²) in [7, 11) is 0. The minimum absolute atomic E-state index is 0.954. The van der Waals surface area contributed by atoms with Crippen molar-refractivity contribution in [2.45, 2.75) is 89.9 Å².